The molecule has 70 valence electrons. The highest BCUT2D eigenvalue weighted by Gasteiger charge is 2.21. The average molecular weight is 203 g/mol. The van der Waals surface area contributed by atoms with Gasteiger partial charge in [0.2, 0.25) is 0 Å². The largest absolute Gasteiger partial charge is 0.391 e. The van der Waals surface area contributed by atoms with Crippen molar-refractivity contribution in [2.24, 2.45) is 5.73 Å². The van der Waals surface area contributed by atoms with Crippen molar-refractivity contribution in [3.8, 4) is 0 Å². The summed E-state index contributed by atoms with van der Waals surface area (Å²) in [6.45, 7) is 1.79. The van der Waals surface area contributed by atoms with E-state index in [1.165, 1.54) is 0 Å². The predicted octanol–water partition coefficient (Wildman–Crippen LogP) is -0.146. The maximum absolute atomic E-state index is 9.14. The Bertz CT molecular complexity index is 105. The predicted molar refractivity (Wildman–Crippen MR) is 50.6 cm³/mol. The fourth-order valence-electron chi connectivity index (χ4n) is 1.14. The maximum Gasteiger partial charge on any atom is 0.0715 e. The molecule has 0 aromatic carbocycles. The average Bonchev–Trinajstić information content (AvgIpc) is 1.80. The summed E-state index contributed by atoms with van der Waals surface area (Å²) in [6.07, 6.45) is 0.540. The maximum atomic E-state index is 9.14. The fourth-order valence-corrected chi connectivity index (χ4v) is 1.14. The minimum Gasteiger partial charge on any atom is -0.391 e. The van der Waals surface area contributed by atoms with Crippen LogP contribution in [0.4, 0.5) is 0 Å². The number of rotatable bonds is 0. The minimum atomic E-state index is -0.277. The lowest BCUT2D eigenvalue weighted by molar-refractivity contribution is 0.0734. The third-order valence-electron chi connectivity index (χ3n) is 1.82. The molecular formula is C6H16Cl2N2O. The summed E-state index contributed by atoms with van der Waals surface area (Å²) >= 11 is 0. The van der Waals surface area contributed by atoms with Gasteiger partial charge < -0.3 is 15.7 Å². The van der Waals surface area contributed by atoms with Crippen LogP contribution in [0.15, 0.2) is 0 Å². The van der Waals surface area contributed by atoms with Crippen molar-refractivity contribution in [2.45, 2.75) is 18.6 Å². The number of likely N-dealkylation sites (tertiary alicyclic amines) is 1. The van der Waals surface area contributed by atoms with Gasteiger partial charge in [0.05, 0.1) is 6.10 Å². The lowest BCUT2D eigenvalue weighted by atomic mass is 10.0. The van der Waals surface area contributed by atoms with Gasteiger partial charge in [-0.3, -0.25) is 0 Å². The molecule has 1 aliphatic heterocycles. The van der Waals surface area contributed by atoms with Gasteiger partial charge in [0, 0.05) is 19.1 Å². The molecule has 1 rings (SSSR count). The zero-order valence-electron chi connectivity index (χ0n) is 6.56. The number of halogens is 2. The van der Waals surface area contributed by atoms with Gasteiger partial charge in [-0.05, 0) is 13.5 Å². The molecule has 11 heavy (non-hydrogen) atoms. The van der Waals surface area contributed by atoms with E-state index in [-0.39, 0.29) is 37.0 Å². The second-order valence-electron chi connectivity index (χ2n) is 2.78. The molecule has 3 nitrogen and oxygen atoms in total. The van der Waals surface area contributed by atoms with Gasteiger partial charge in [0.15, 0.2) is 0 Å². The molecule has 1 saturated heterocycles. The van der Waals surface area contributed by atoms with Crippen molar-refractivity contribution >= 4 is 24.8 Å². The van der Waals surface area contributed by atoms with E-state index in [0.29, 0.717) is 0 Å². The van der Waals surface area contributed by atoms with Crippen LogP contribution < -0.4 is 5.73 Å². The smallest absolute Gasteiger partial charge is 0.0715 e. The van der Waals surface area contributed by atoms with Gasteiger partial charge in [-0.25, -0.2) is 0 Å². The molecule has 0 bridgehead atoms. The molecule has 0 radical (unpaired) electrons. The first-order chi connectivity index (χ1) is 4.20. The molecule has 0 aliphatic carbocycles. The summed E-state index contributed by atoms with van der Waals surface area (Å²) in [4.78, 5) is 2.14. The summed E-state index contributed by atoms with van der Waals surface area (Å²) in [5.74, 6) is 0. The Hall–Kier alpha value is 0.460. The third-order valence-corrected chi connectivity index (χ3v) is 1.82. The highest BCUT2D eigenvalue weighted by molar-refractivity contribution is 5.85. The highest BCUT2D eigenvalue weighted by atomic mass is 35.5. The first-order valence-corrected chi connectivity index (χ1v) is 3.32. The van der Waals surface area contributed by atoms with E-state index in [0.717, 1.165) is 19.5 Å². The zero-order chi connectivity index (χ0) is 6.85. The van der Waals surface area contributed by atoms with E-state index < -0.39 is 0 Å². The van der Waals surface area contributed by atoms with Crippen LogP contribution in [0.3, 0.4) is 0 Å². The van der Waals surface area contributed by atoms with Crippen molar-refractivity contribution in [1.82, 2.24) is 4.90 Å². The molecule has 0 aromatic rings. The van der Waals surface area contributed by atoms with Gasteiger partial charge in [0.25, 0.3) is 0 Å². The molecule has 0 spiro atoms. The van der Waals surface area contributed by atoms with Gasteiger partial charge in [-0.1, -0.05) is 0 Å². The first-order valence-electron chi connectivity index (χ1n) is 3.32. The molecule has 1 aliphatic rings. The number of nitrogens with two attached hydrogens (primary N) is 1. The number of likely N-dealkylation sites (N-methyl/N-ethyl adjacent to an activating group) is 1. The summed E-state index contributed by atoms with van der Waals surface area (Å²) in [5, 5.41) is 9.14. The van der Waals surface area contributed by atoms with Crippen LogP contribution in [0.25, 0.3) is 0 Å². The molecule has 5 heteroatoms. The standard InChI is InChI=1S/C6H14N2O.2ClH/c1-8-3-2-6(9)5(7)4-8;;/h5-6,9H,2-4,7H2,1H3;2*1H. The Morgan fingerprint density at radius 2 is 2.00 bits per heavy atom. The van der Waals surface area contributed by atoms with Gasteiger partial charge in [-0.2, -0.15) is 0 Å². The number of hydrogen-bond donors (Lipinski definition) is 2. The number of nitrogens with zero attached hydrogens (tertiary/aromatic N) is 1. The molecule has 0 saturated carbocycles. The van der Waals surface area contributed by atoms with E-state index in [1.54, 1.807) is 0 Å². The van der Waals surface area contributed by atoms with Crippen LogP contribution in [0, 0.1) is 0 Å². The SMILES string of the molecule is CN1CCC(O)C(N)C1.Cl.Cl. The van der Waals surface area contributed by atoms with Crippen LogP contribution >= 0.6 is 24.8 Å². The number of piperidine rings is 1. The van der Waals surface area contributed by atoms with Crippen molar-refractivity contribution in [1.29, 1.82) is 0 Å². The van der Waals surface area contributed by atoms with Crippen LogP contribution in [0.2, 0.25) is 0 Å². The molecule has 2 atom stereocenters. The molecule has 2 unspecified atom stereocenters. The van der Waals surface area contributed by atoms with E-state index >= 15 is 0 Å². The van der Waals surface area contributed by atoms with E-state index in [2.05, 4.69) is 4.90 Å². The zero-order valence-corrected chi connectivity index (χ0v) is 8.20. The van der Waals surface area contributed by atoms with Crippen molar-refractivity contribution in [2.75, 3.05) is 20.1 Å². The second kappa shape index (κ2) is 6.03. The quantitative estimate of drug-likeness (QED) is 0.575. The Balaban J connectivity index is 0. The lowest BCUT2D eigenvalue weighted by Crippen LogP contribution is -2.49. The van der Waals surface area contributed by atoms with Gasteiger partial charge in [-0.15, -0.1) is 24.8 Å². The first kappa shape index (κ1) is 14.0. The Labute approximate surface area is 79.8 Å². The number of aliphatic hydroxyl groups excluding tert-OH is 1. The highest BCUT2D eigenvalue weighted by Crippen LogP contribution is 2.05. The van der Waals surface area contributed by atoms with Crippen molar-refractivity contribution < 1.29 is 5.11 Å². The van der Waals surface area contributed by atoms with E-state index in [4.69, 9.17) is 10.8 Å². The fraction of sp³-hybridized carbons (Fsp3) is 1.00. The topological polar surface area (TPSA) is 49.5 Å². The normalized spacial score (nSPS) is 31.9. The summed E-state index contributed by atoms with van der Waals surface area (Å²) in [5.41, 5.74) is 5.58. The van der Waals surface area contributed by atoms with Crippen LogP contribution in [-0.4, -0.2) is 42.3 Å². The van der Waals surface area contributed by atoms with E-state index in [1.807, 2.05) is 7.05 Å². The Morgan fingerprint density at radius 3 is 2.36 bits per heavy atom. The monoisotopic (exact) mass is 202 g/mol. The second-order valence-corrected chi connectivity index (χ2v) is 2.78. The third kappa shape index (κ3) is 4.13. The van der Waals surface area contributed by atoms with Crippen LogP contribution in [-0.2, 0) is 0 Å². The molecular weight excluding hydrogens is 187 g/mol. The van der Waals surface area contributed by atoms with Crippen LogP contribution in [0.1, 0.15) is 6.42 Å². The van der Waals surface area contributed by atoms with Gasteiger partial charge >= 0.3 is 0 Å². The van der Waals surface area contributed by atoms with Crippen molar-refractivity contribution in [3.05, 3.63) is 0 Å². The van der Waals surface area contributed by atoms with Gasteiger partial charge in [0.1, 0.15) is 0 Å². The molecule has 0 aromatic heterocycles. The number of aliphatic hydroxyl groups is 1. The lowest BCUT2D eigenvalue weighted by Gasteiger charge is -2.31. The molecule has 0 amide bonds. The Morgan fingerprint density at radius 1 is 1.45 bits per heavy atom. The number of hydrogen-bond acceptors (Lipinski definition) is 3. The molecule has 3 N–H and O–H groups in total. The summed E-state index contributed by atoms with van der Waals surface area (Å²) in [6, 6.07) is -0.0382. The molecule has 1 fully saturated rings. The summed E-state index contributed by atoms with van der Waals surface area (Å²) < 4.78 is 0. The van der Waals surface area contributed by atoms with Crippen LogP contribution in [0.5, 0.6) is 0 Å². The van der Waals surface area contributed by atoms with Crippen molar-refractivity contribution in [3.63, 3.8) is 0 Å². The summed E-state index contributed by atoms with van der Waals surface area (Å²) in [7, 11) is 2.02. The minimum absolute atomic E-state index is 0. The Kier molecular flexibility index (Phi) is 7.68. The molecule has 1 heterocycles. The van der Waals surface area contributed by atoms with E-state index in [9.17, 15) is 0 Å².